The number of anilines is 2. The Morgan fingerprint density at radius 2 is 1.55 bits per heavy atom. The minimum atomic E-state index is -0.287. The molecule has 8 nitrogen and oxygen atoms in total. The van der Waals surface area contributed by atoms with Gasteiger partial charge in [-0.2, -0.15) is 0 Å². The molecule has 0 spiro atoms. The molecule has 0 radical (unpaired) electrons. The fourth-order valence-corrected chi connectivity index (χ4v) is 3.78. The molecule has 2 N–H and O–H groups in total. The largest absolute Gasteiger partial charge is 0.369 e. The zero-order chi connectivity index (χ0) is 21.5. The summed E-state index contributed by atoms with van der Waals surface area (Å²) in [5, 5.41) is 0.397. The monoisotopic (exact) mass is 411 g/mol. The lowest BCUT2D eigenvalue weighted by atomic mass is 10.0. The number of benzene rings is 2. The van der Waals surface area contributed by atoms with Crippen LogP contribution in [0.15, 0.2) is 71.8 Å². The van der Waals surface area contributed by atoms with Crippen molar-refractivity contribution in [3.63, 3.8) is 0 Å². The van der Waals surface area contributed by atoms with Crippen LogP contribution >= 0.6 is 0 Å². The van der Waals surface area contributed by atoms with Crippen molar-refractivity contribution in [3.05, 3.63) is 77.3 Å². The molecule has 1 saturated heterocycles. The number of fused-ring (bicyclic) bond motifs is 1. The number of imide groups is 1. The summed E-state index contributed by atoms with van der Waals surface area (Å²) >= 11 is 0. The molecule has 152 valence electrons. The van der Waals surface area contributed by atoms with Gasteiger partial charge in [0.15, 0.2) is 0 Å². The van der Waals surface area contributed by atoms with Crippen LogP contribution in [0.3, 0.4) is 0 Å². The van der Waals surface area contributed by atoms with Crippen LogP contribution in [0.25, 0.3) is 27.7 Å². The Morgan fingerprint density at radius 1 is 0.806 bits per heavy atom. The second-order valence-electron chi connectivity index (χ2n) is 7.23. The zero-order valence-corrected chi connectivity index (χ0v) is 16.4. The molecule has 2 aromatic carbocycles. The van der Waals surface area contributed by atoms with Crippen molar-refractivity contribution < 1.29 is 9.59 Å². The number of para-hydroxylation sites is 1. The normalized spacial score (nSPS) is 13.9. The number of nitrogens with two attached hydrogens (primary N) is 1. The second-order valence-corrected chi connectivity index (χ2v) is 7.23. The maximum absolute atomic E-state index is 13.2. The quantitative estimate of drug-likeness (QED) is 0.519. The molecular formula is C23H17N5O3. The molecule has 0 bridgehead atoms. The maximum Gasteiger partial charge on any atom is 0.267 e. The second kappa shape index (κ2) is 7.17. The summed E-state index contributed by atoms with van der Waals surface area (Å²) in [5.41, 5.74) is 8.68. The van der Waals surface area contributed by atoms with Crippen LogP contribution in [0.2, 0.25) is 0 Å². The van der Waals surface area contributed by atoms with Crippen molar-refractivity contribution in [2.75, 3.05) is 10.6 Å². The molecule has 31 heavy (non-hydrogen) atoms. The van der Waals surface area contributed by atoms with E-state index in [4.69, 9.17) is 5.73 Å². The van der Waals surface area contributed by atoms with E-state index in [1.54, 1.807) is 42.6 Å². The van der Waals surface area contributed by atoms with Gasteiger partial charge in [0.2, 0.25) is 17.8 Å². The summed E-state index contributed by atoms with van der Waals surface area (Å²) in [6, 6.07) is 16.0. The predicted octanol–water partition coefficient (Wildman–Crippen LogP) is 2.68. The van der Waals surface area contributed by atoms with Crippen LogP contribution in [0.4, 0.5) is 11.6 Å². The van der Waals surface area contributed by atoms with Gasteiger partial charge < -0.3 is 5.73 Å². The van der Waals surface area contributed by atoms with Crippen LogP contribution in [-0.2, 0) is 9.59 Å². The molecule has 2 aromatic heterocycles. The van der Waals surface area contributed by atoms with Crippen molar-refractivity contribution in [2.45, 2.75) is 12.8 Å². The Bertz CT molecular complexity index is 1400. The van der Waals surface area contributed by atoms with Gasteiger partial charge in [-0.25, -0.2) is 14.5 Å². The molecule has 3 heterocycles. The van der Waals surface area contributed by atoms with Crippen molar-refractivity contribution >= 4 is 34.4 Å². The molecule has 2 amide bonds. The fourth-order valence-electron chi connectivity index (χ4n) is 3.78. The molecule has 0 unspecified atom stereocenters. The first kappa shape index (κ1) is 18.7. The summed E-state index contributed by atoms with van der Waals surface area (Å²) in [6.07, 6.45) is 3.50. The van der Waals surface area contributed by atoms with Gasteiger partial charge in [-0.15, -0.1) is 0 Å². The van der Waals surface area contributed by atoms with E-state index in [9.17, 15) is 14.4 Å². The first-order valence-electron chi connectivity index (χ1n) is 9.72. The van der Waals surface area contributed by atoms with Crippen molar-refractivity contribution in [3.8, 4) is 16.8 Å². The van der Waals surface area contributed by atoms with E-state index in [2.05, 4.69) is 9.97 Å². The van der Waals surface area contributed by atoms with Crippen LogP contribution < -0.4 is 16.2 Å². The lowest BCUT2D eigenvalue weighted by molar-refractivity contribution is -0.121. The Hall–Kier alpha value is -4.33. The highest BCUT2D eigenvalue weighted by Crippen LogP contribution is 2.28. The number of carbonyl (C=O) groups is 2. The maximum atomic E-state index is 13.2. The van der Waals surface area contributed by atoms with E-state index in [1.165, 1.54) is 10.8 Å². The van der Waals surface area contributed by atoms with E-state index in [1.807, 2.05) is 18.2 Å². The smallest absolute Gasteiger partial charge is 0.267 e. The molecule has 8 heteroatoms. The van der Waals surface area contributed by atoms with E-state index in [-0.39, 0.29) is 36.2 Å². The summed E-state index contributed by atoms with van der Waals surface area (Å²) in [6.45, 7) is 0. The first-order valence-corrected chi connectivity index (χ1v) is 9.72. The van der Waals surface area contributed by atoms with Gasteiger partial charge in [-0.1, -0.05) is 24.3 Å². The van der Waals surface area contributed by atoms with Gasteiger partial charge in [-0.3, -0.25) is 19.4 Å². The van der Waals surface area contributed by atoms with Crippen molar-refractivity contribution in [1.29, 1.82) is 0 Å². The molecule has 1 aliphatic heterocycles. The van der Waals surface area contributed by atoms with Gasteiger partial charge in [0.1, 0.15) is 0 Å². The first-order chi connectivity index (χ1) is 15.0. The molecule has 5 rings (SSSR count). The summed E-state index contributed by atoms with van der Waals surface area (Å²) in [4.78, 5) is 47.1. The Balaban J connectivity index is 1.64. The fraction of sp³-hybridized carbons (Fsp3) is 0.0870. The minimum absolute atomic E-state index is 0.103. The third kappa shape index (κ3) is 3.14. The number of rotatable bonds is 3. The van der Waals surface area contributed by atoms with Gasteiger partial charge in [0.05, 0.1) is 28.5 Å². The SMILES string of the molecule is Nc1nc2ccc(-c3cncc(N4C(=O)CCC4=O)c3)cc2c(=O)n1-c1ccccc1. The Kier molecular flexibility index (Phi) is 4.32. The minimum Gasteiger partial charge on any atom is -0.369 e. The third-order valence-electron chi connectivity index (χ3n) is 5.28. The van der Waals surface area contributed by atoms with E-state index in [0.717, 1.165) is 4.90 Å². The van der Waals surface area contributed by atoms with Crippen molar-refractivity contribution in [2.24, 2.45) is 0 Å². The highest BCUT2D eigenvalue weighted by molar-refractivity contribution is 6.19. The number of amides is 2. The number of carbonyl (C=O) groups excluding carboxylic acids is 2. The van der Waals surface area contributed by atoms with Gasteiger partial charge in [0, 0.05) is 24.6 Å². The number of aromatic nitrogens is 3. The molecule has 1 aliphatic rings. The number of pyridine rings is 1. The topological polar surface area (TPSA) is 111 Å². The average Bonchev–Trinajstić information content (AvgIpc) is 3.12. The standard InChI is InChI=1S/C23H17N5O3/c24-23-26-19-7-6-14(11-18(19)22(31)28(23)16-4-2-1-3-5-16)15-10-17(13-25-12-15)27-20(29)8-9-21(27)30/h1-7,10-13H,8-9H2,(H2,24,26). The number of hydrogen-bond acceptors (Lipinski definition) is 6. The van der Waals surface area contributed by atoms with E-state index >= 15 is 0 Å². The van der Waals surface area contributed by atoms with Crippen molar-refractivity contribution in [1.82, 2.24) is 14.5 Å². The lowest BCUT2D eigenvalue weighted by Gasteiger charge is -2.15. The summed E-state index contributed by atoms with van der Waals surface area (Å²) in [5.74, 6) is -0.382. The van der Waals surface area contributed by atoms with E-state index < -0.39 is 0 Å². The number of hydrogen-bond donors (Lipinski definition) is 1. The molecule has 1 fully saturated rings. The number of nitrogen functional groups attached to an aromatic ring is 1. The Morgan fingerprint density at radius 3 is 2.29 bits per heavy atom. The van der Waals surface area contributed by atoms with Gasteiger partial charge in [0.25, 0.3) is 5.56 Å². The third-order valence-corrected chi connectivity index (χ3v) is 5.28. The van der Waals surface area contributed by atoms with Crippen LogP contribution in [0.5, 0.6) is 0 Å². The average molecular weight is 411 g/mol. The van der Waals surface area contributed by atoms with Gasteiger partial charge in [-0.05, 0) is 35.9 Å². The molecule has 0 aliphatic carbocycles. The van der Waals surface area contributed by atoms with Crippen LogP contribution in [-0.4, -0.2) is 26.3 Å². The summed E-state index contributed by atoms with van der Waals surface area (Å²) < 4.78 is 1.36. The Labute approximate surface area is 176 Å². The predicted molar refractivity (Wildman–Crippen MR) is 117 cm³/mol. The van der Waals surface area contributed by atoms with Crippen LogP contribution in [0.1, 0.15) is 12.8 Å². The van der Waals surface area contributed by atoms with Gasteiger partial charge >= 0.3 is 0 Å². The summed E-state index contributed by atoms with van der Waals surface area (Å²) in [7, 11) is 0. The molecular weight excluding hydrogens is 394 g/mol. The number of nitrogens with zero attached hydrogens (tertiary/aromatic N) is 4. The van der Waals surface area contributed by atoms with Crippen LogP contribution in [0, 0.1) is 0 Å². The molecule has 0 saturated carbocycles. The molecule has 0 atom stereocenters. The molecule has 4 aromatic rings. The lowest BCUT2D eigenvalue weighted by Crippen LogP contribution is -2.28. The zero-order valence-electron chi connectivity index (χ0n) is 16.4. The highest BCUT2D eigenvalue weighted by atomic mass is 16.2. The highest BCUT2D eigenvalue weighted by Gasteiger charge is 2.30. The van der Waals surface area contributed by atoms with E-state index in [0.29, 0.717) is 33.4 Å².